The van der Waals surface area contributed by atoms with Gasteiger partial charge < -0.3 is 15.6 Å². The van der Waals surface area contributed by atoms with Crippen molar-refractivity contribution in [2.45, 2.75) is 0 Å². The van der Waals surface area contributed by atoms with Gasteiger partial charge in [0.2, 0.25) is 0 Å². The number of nitrogens with zero attached hydrogens (tertiary/aromatic N) is 3. The molecule has 106 valence electrons. The number of hydrogen-bond donors (Lipinski definition) is 2. The molecule has 0 bridgehead atoms. The van der Waals surface area contributed by atoms with Crippen LogP contribution in [0.4, 0.5) is 5.69 Å². The molecule has 3 heterocycles. The summed E-state index contributed by atoms with van der Waals surface area (Å²) in [4.78, 5) is 32.7. The Balaban J connectivity index is 1.95. The van der Waals surface area contributed by atoms with Gasteiger partial charge in [-0.15, -0.1) is 11.3 Å². The van der Waals surface area contributed by atoms with Crippen LogP contribution >= 0.6 is 11.3 Å². The molecule has 2 amide bonds. The summed E-state index contributed by atoms with van der Waals surface area (Å²) < 4.78 is 1.65. The Bertz CT molecular complexity index is 851. The van der Waals surface area contributed by atoms with Crippen molar-refractivity contribution >= 4 is 39.2 Å². The van der Waals surface area contributed by atoms with Crippen LogP contribution in [0.15, 0.2) is 30.2 Å². The van der Waals surface area contributed by atoms with Crippen molar-refractivity contribution in [1.82, 2.24) is 14.5 Å². The molecule has 8 heteroatoms. The average molecular weight is 301 g/mol. The molecule has 21 heavy (non-hydrogen) atoms. The number of thiophene rings is 1. The van der Waals surface area contributed by atoms with Crippen LogP contribution in [0.5, 0.6) is 0 Å². The number of carbonyl (C=O) groups excluding carboxylic acids is 2. The molecule has 0 aromatic carbocycles. The number of fused-ring (bicyclic) bond motifs is 1. The van der Waals surface area contributed by atoms with E-state index < -0.39 is 5.91 Å². The molecule has 0 radical (unpaired) electrons. The van der Waals surface area contributed by atoms with Crippen LogP contribution in [0.1, 0.15) is 20.7 Å². The molecule has 7 nitrogen and oxygen atoms in total. The van der Waals surface area contributed by atoms with Gasteiger partial charge in [-0.05, 0) is 0 Å². The molecule has 0 saturated carbocycles. The normalized spacial score (nSPS) is 10.7. The fourth-order valence-corrected chi connectivity index (χ4v) is 2.84. The minimum atomic E-state index is -0.596. The second-order valence-electron chi connectivity index (χ2n) is 4.43. The van der Waals surface area contributed by atoms with Crippen molar-refractivity contribution in [2.75, 3.05) is 5.32 Å². The van der Waals surface area contributed by atoms with Crippen molar-refractivity contribution in [3.05, 3.63) is 41.3 Å². The molecule has 3 rings (SSSR count). The molecule has 0 aliphatic heterocycles. The number of rotatable bonds is 3. The third-order valence-corrected chi connectivity index (χ3v) is 3.80. The molecule has 0 unspecified atom stereocenters. The Labute approximate surface area is 123 Å². The van der Waals surface area contributed by atoms with Crippen LogP contribution in [0, 0.1) is 0 Å². The second kappa shape index (κ2) is 4.98. The number of aromatic nitrogens is 3. The minimum Gasteiger partial charge on any atom is -0.365 e. The SMILES string of the molecule is Cn1cc(NC(=O)c2csc3nccnc23)c(C(N)=O)c1. The van der Waals surface area contributed by atoms with E-state index in [1.807, 2.05) is 0 Å². The summed E-state index contributed by atoms with van der Waals surface area (Å²) >= 11 is 1.34. The van der Waals surface area contributed by atoms with Gasteiger partial charge in [0.15, 0.2) is 0 Å². The number of hydrogen-bond acceptors (Lipinski definition) is 5. The number of primary amides is 1. The zero-order chi connectivity index (χ0) is 15.0. The third kappa shape index (κ3) is 2.36. The van der Waals surface area contributed by atoms with Gasteiger partial charge in [-0.1, -0.05) is 0 Å². The Morgan fingerprint density at radius 3 is 2.76 bits per heavy atom. The second-order valence-corrected chi connectivity index (χ2v) is 5.29. The van der Waals surface area contributed by atoms with Crippen LogP contribution in [-0.2, 0) is 7.05 Å². The molecule has 3 aromatic rings. The highest BCUT2D eigenvalue weighted by atomic mass is 32.1. The quantitative estimate of drug-likeness (QED) is 0.762. The van der Waals surface area contributed by atoms with Crippen molar-refractivity contribution in [1.29, 1.82) is 0 Å². The van der Waals surface area contributed by atoms with Gasteiger partial charge in [0.1, 0.15) is 10.3 Å². The predicted molar refractivity (Wildman–Crippen MR) is 79.3 cm³/mol. The molecule has 0 fully saturated rings. The maximum atomic E-state index is 12.3. The van der Waals surface area contributed by atoms with Crippen molar-refractivity contribution in [3.8, 4) is 0 Å². The van der Waals surface area contributed by atoms with E-state index in [1.165, 1.54) is 17.5 Å². The van der Waals surface area contributed by atoms with Crippen LogP contribution in [-0.4, -0.2) is 26.3 Å². The molecule has 0 aliphatic rings. The standard InChI is InChI=1S/C13H11N5O2S/c1-18-4-7(11(14)19)9(5-18)17-12(20)8-6-21-13-10(8)15-2-3-16-13/h2-6H,1H3,(H2,14,19)(H,17,20). The topological polar surface area (TPSA) is 103 Å². The first-order valence-corrected chi connectivity index (χ1v) is 6.89. The summed E-state index contributed by atoms with van der Waals surface area (Å²) in [6.07, 6.45) is 6.29. The first-order valence-electron chi connectivity index (χ1n) is 6.01. The molecular weight excluding hydrogens is 290 g/mol. The monoisotopic (exact) mass is 301 g/mol. The Morgan fingerprint density at radius 2 is 2.00 bits per heavy atom. The van der Waals surface area contributed by atoms with E-state index in [0.717, 1.165) is 0 Å². The summed E-state index contributed by atoms with van der Waals surface area (Å²) in [6, 6.07) is 0. The lowest BCUT2D eigenvalue weighted by atomic mass is 10.2. The van der Waals surface area contributed by atoms with Gasteiger partial charge >= 0.3 is 0 Å². The predicted octanol–water partition coefficient (Wildman–Crippen LogP) is 1.38. The zero-order valence-corrected chi connectivity index (χ0v) is 11.8. The zero-order valence-electron chi connectivity index (χ0n) is 11.0. The van der Waals surface area contributed by atoms with Gasteiger partial charge in [0.05, 0.1) is 16.8 Å². The highest BCUT2D eigenvalue weighted by molar-refractivity contribution is 7.17. The number of carbonyl (C=O) groups is 2. The molecule has 0 saturated heterocycles. The van der Waals surface area contributed by atoms with Gasteiger partial charge in [-0.25, -0.2) is 4.98 Å². The summed E-state index contributed by atoms with van der Waals surface area (Å²) in [5.41, 5.74) is 6.88. The van der Waals surface area contributed by atoms with Crippen LogP contribution in [0.2, 0.25) is 0 Å². The molecule has 0 aliphatic carbocycles. The number of amides is 2. The fraction of sp³-hybridized carbons (Fsp3) is 0.0769. The van der Waals surface area contributed by atoms with E-state index in [0.29, 0.717) is 21.6 Å². The van der Waals surface area contributed by atoms with E-state index in [9.17, 15) is 9.59 Å². The van der Waals surface area contributed by atoms with Gasteiger partial charge in [0.25, 0.3) is 11.8 Å². The van der Waals surface area contributed by atoms with E-state index in [2.05, 4.69) is 15.3 Å². The lowest BCUT2D eigenvalue weighted by molar-refractivity contribution is 0.100. The van der Waals surface area contributed by atoms with Crippen molar-refractivity contribution in [3.63, 3.8) is 0 Å². The maximum Gasteiger partial charge on any atom is 0.258 e. The van der Waals surface area contributed by atoms with Gasteiger partial charge in [-0.3, -0.25) is 14.6 Å². The smallest absolute Gasteiger partial charge is 0.258 e. The third-order valence-electron chi connectivity index (χ3n) is 2.92. The average Bonchev–Trinajstić information content (AvgIpc) is 3.02. The number of nitrogens with two attached hydrogens (primary N) is 1. The van der Waals surface area contributed by atoms with E-state index in [4.69, 9.17) is 5.73 Å². The Hall–Kier alpha value is -2.74. The van der Waals surface area contributed by atoms with Gasteiger partial charge in [0, 0.05) is 37.2 Å². The first-order chi connectivity index (χ1) is 10.1. The van der Waals surface area contributed by atoms with Crippen molar-refractivity contribution < 1.29 is 9.59 Å². The van der Waals surface area contributed by atoms with E-state index >= 15 is 0 Å². The first kappa shape index (κ1) is 13.3. The molecular formula is C13H11N5O2S. The lowest BCUT2D eigenvalue weighted by Gasteiger charge is -2.03. The van der Waals surface area contributed by atoms with E-state index in [-0.39, 0.29) is 11.5 Å². The van der Waals surface area contributed by atoms with E-state index in [1.54, 1.807) is 35.6 Å². The number of nitrogens with one attached hydrogen (secondary N) is 1. The van der Waals surface area contributed by atoms with Gasteiger partial charge in [-0.2, -0.15) is 0 Å². The highest BCUT2D eigenvalue weighted by Gasteiger charge is 2.18. The minimum absolute atomic E-state index is 0.261. The number of aryl methyl sites for hydroxylation is 1. The fourth-order valence-electron chi connectivity index (χ4n) is 2.00. The van der Waals surface area contributed by atoms with Crippen LogP contribution in [0.25, 0.3) is 10.3 Å². The largest absolute Gasteiger partial charge is 0.365 e. The molecule has 0 atom stereocenters. The summed E-state index contributed by atoms with van der Waals surface area (Å²) in [5.74, 6) is -0.948. The highest BCUT2D eigenvalue weighted by Crippen LogP contribution is 2.23. The summed E-state index contributed by atoms with van der Waals surface area (Å²) in [7, 11) is 1.74. The Kier molecular flexibility index (Phi) is 3.15. The lowest BCUT2D eigenvalue weighted by Crippen LogP contribution is -2.16. The van der Waals surface area contributed by atoms with Crippen LogP contribution < -0.4 is 11.1 Å². The number of anilines is 1. The van der Waals surface area contributed by atoms with Crippen molar-refractivity contribution in [2.24, 2.45) is 12.8 Å². The Morgan fingerprint density at radius 1 is 1.24 bits per heavy atom. The molecule has 3 N–H and O–H groups in total. The van der Waals surface area contributed by atoms with Crippen LogP contribution in [0.3, 0.4) is 0 Å². The summed E-state index contributed by atoms with van der Waals surface area (Å²) in [6.45, 7) is 0. The maximum absolute atomic E-state index is 12.3. The molecule has 3 aromatic heterocycles. The molecule has 0 spiro atoms. The summed E-state index contributed by atoms with van der Waals surface area (Å²) in [5, 5.41) is 4.37.